The number of aromatic hydroxyl groups is 1. The summed E-state index contributed by atoms with van der Waals surface area (Å²) in [6.45, 7) is 4.21. The van der Waals surface area contributed by atoms with Gasteiger partial charge < -0.3 is 10.4 Å². The van der Waals surface area contributed by atoms with Crippen molar-refractivity contribution < 1.29 is 5.11 Å². The van der Waals surface area contributed by atoms with E-state index in [0.717, 1.165) is 20.6 Å². The molecule has 0 bridgehead atoms. The van der Waals surface area contributed by atoms with Crippen LogP contribution in [0.15, 0.2) is 24.3 Å². The number of phenolic OH excluding ortho intramolecular Hbond substituents is 1. The van der Waals surface area contributed by atoms with E-state index < -0.39 is 0 Å². The van der Waals surface area contributed by atoms with E-state index in [1.807, 2.05) is 13.1 Å². The molecule has 0 radical (unpaired) electrons. The van der Waals surface area contributed by atoms with Gasteiger partial charge in [0.1, 0.15) is 11.6 Å². The molecule has 0 spiro atoms. The van der Waals surface area contributed by atoms with Crippen molar-refractivity contribution in [1.29, 1.82) is 0 Å². The van der Waals surface area contributed by atoms with Gasteiger partial charge in [-0.05, 0) is 40.6 Å². The Morgan fingerprint density at radius 3 is 2.58 bits per heavy atom. The summed E-state index contributed by atoms with van der Waals surface area (Å²) in [6, 6.07) is 7.00. The zero-order valence-corrected chi connectivity index (χ0v) is 13.3. The first-order valence-electron chi connectivity index (χ1n) is 6.07. The van der Waals surface area contributed by atoms with Crippen molar-refractivity contribution in [2.24, 2.45) is 0 Å². The number of hydrogen-bond donors (Lipinski definition) is 2. The van der Waals surface area contributed by atoms with Gasteiger partial charge >= 0.3 is 0 Å². The fraction of sp³-hybridized carbons (Fsp3) is 0.286. The summed E-state index contributed by atoms with van der Waals surface area (Å²) in [7, 11) is 1.85. The minimum atomic E-state index is 0.219. The Hall–Kier alpha value is -1.37. The second-order valence-corrected chi connectivity index (χ2v) is 5.63. The molecule has 0 amide bonds. The number of nitrogens with zero attached hydrogens (tertiary/aromatic N) is 2. The third-order valence-electron chi connectivity index (χ3n) is 2.76. The van der Waals surface area contributed by atoms with Gasteiger partial charge in [-0.2, -0.15) is 0 Å². The fourth-order valence-corrected chi connectivity index (χ4v) is 2.92. The zero-order valence-electron chi connectivity index (χ0n) is 11.1. The summed E-state index contributed by atoms with van der Waals surface area (Å²) in [5, 5.41) is 12.7. The van der Waals surface area contributed by atoms with Crippen molar-refractivity contribution >= 4 is 28.4 Å². The molecule has 5 heteroatoms. The van der Waals surface area contributed by atoms with Gasteiger partial charge in [-0.15, -0.1) is 0 Å². The molecule has 1 aromatic heterocycles. The average Bonchev–Trinajstić information content (AvgIpc) is 2.38. The number of rotatable bonds is 3. The summed E-state index contributed by atoms with van der Waals surface area (Å²) in [5.74, 6) is 1.98. The van der Waals surface area contributed by atoms with E-state index in [1.54, 1.807) is 18.2 Å². The zero-order chi connectivity index (χ0) is 14.0. The van der Waals surface area contributed by atoms with Crippen molar-refractivity contribution in [3.63, 3.8) is 0 Å². The molecule has 0 fully saturated rings. The number of anilines is 1. The molecule has 2 rings (SSSR count). The molecular weight excluding hydrogens is 353 g/mol. The van der Waals surface area contributed by atoms with E-state index in [0.29, 0.717) is 11.7 Å². The van der Waals surface area contributed by atoms with Crippen LogP contribution in [0.25, 0.3) is 11.4 Å². The number of phenols is 1. The Balaban J connectivity index is 2.61. The topological polar surface area (TPSA) is 58.0 Å². The molecule has 1 heterocycles. The molecule has 2 aromatic rings. The van der Waals surface area contributed by atoms with Crippen LogP contribution in [0.4, 0.5) is 5.82 Å². The fourth-order valence-electron chi connectivity index (χ4n) is 1.79. The van der Waals surface area contributed by atoms with Crippen LogP contribution in [0.5, 0.6) is 5.75 Å². The van der Waals surface area contributed by atoms with Crippen LogP contribution >= 0.6 is 22.6 Å². The smallest absolute Gasteiger partial charge is 0.161 e. The SMILES string of the molecule is CNc1nc(-c2cccc(O)c2)nc(C(C)C)c1I. The highest BCUT2D eigenvalue weighted by Crippen LogP contribution is 2.29. The third-order valence-corrected chi connectivity index (χ3v) is 3.83. The molecule has 2 N–H and O–H groups in total. The monoisotopic (exact) mass is 369 g/mol. The van der Waals surface area contributed by atoms with Crippen LogP contribution in [-0.4, -0.2) is 22.1 Å². The van der Waals surface area contributed by atoms with Gasteiger partial charge in [0.25, 0.3) is 0 Å². The number of benzene rings is 1. The highest BCUT2D eigenvalue weighted by atomic mass is 127. The lowest BCUT2D eigenvalue weighted by molar-refractivity contribution is 0.475. The molecule has 0 aliphatic carbocycles. The maximum atomic E-state index is 9.56. The Morgan fingerprint density at radius 1 is 1.26 bits per heavy atom. The first-order chi connectivity index (χ1) is 9.02. The van der Waals surface area contributed by atoms with Crippen LogP contribution in [0.2, 0.25) is 0 Å². The summed E-state index contributed by atoms with van der Waals surface area (Å²) in [4.78, 5) is 9.13. The number of halogens is 1. The Bertz CT molecular complexity index is 599. The van der Waals surface area contributed by atoms with Crippen LogP contribution < -0.4 is 5.32 Å². The molecule has 0 atom stereocenters. The van der Waals surface area contributed by atoms with Gasteiger partial charge in [0.05, 0.1) is 9.26 Å². The van der Waals surface area contributed by atoms with E-state index >= 15 is 0 Å². The number of nitrogens with one attached hydrogen (secondary N) is 1. The van der Waals surface area contributed by atoms with Crippen molar-refractivity contribution in [3.8, 4) is 17.1 Å². The average molecular weight is 369 g/mol. The first kappa shape index (κ1) is 14.0. The lowest BCUT2D eigenvalue weighted by atomic mass is 10.1. The molecule has 0 unspecified atom stereocenters. The minimum absolute atomic E-state index is 0.219. The van der Waals surface area contributed by atoms with Crippen molar-refractivity contribution in [3.05, 3.63) is 33.5 Å². The maximum Gasteiger partial charge on any atom is 0.161 e. The largest absolute Gasteiger partial charge is 0.508 e. The van der Waals surface area contributed by atoms with Crippen molar-refractivity contribution in [2.75, 3.05) is 12.4 Å². The Morgan fingerprint density at radius 2 is 2.00 bits per heavy atom. The van der Waals surface area contributed by atoms with E-state index in [9.17, 15) is 5.11 Å². The lowest BCUT2D eigenvalue weighted by Gasteiger charge is -2.13. The van der Waals surface area contributed by atoms with E-state index in [2.05, 4.69) is 51.7 Å². The molecule has 100 valence electrons. The summed E-state index contributed by atoms with van der Waals surface area (Å²) < 4.78 is 1.04. The van der Waals surface area contributed by atoms with Gasteiger partial charge in [-0.25, -0.2) is 9.97 Å². The predicted octanol–water partition coefficient (Wildman–Crippen LogP) is 3.62. The molecule has 0 aliphatic rings. The van der Waals surface area contributed by atoms with Crippen LogP contribution in [0.1, 0.15) is 25.5 Å². The second-order valence-electron chi connectivity index (χ2n) is 4.55. The lowest BCUT2D eigenvalue weighted by Crippen LogP contribution is -2.06. The van der Waals surface area contributed by atoms with E-state index in [-0.39, 0.29) is 5.75 Å². The quantitative estimate of drug-likeness (QED) is 0.812. The molecular formula is C14H16IN3O. The number of aromatic nitrogens is 2. The van der Waals surface area contributed by atoms with Gasteiger partial charge in [-0.3, -0.25) is 0 Å². The molecule has 0 saturated heterocycles. The van der Waals surface area contributed by atoms with Crippen LogP contribution in [0.3, 0.4) is 0 Å². The summed E-state index contributed by atoms with van der Waals surface area (Å²) >= 11 is 2.26. The second kappa shape index (κ2) is 5.73. The predicted molar refractivity (Wildman–Crippen MR) is 85.5 cm³/mol. The van der Waals surface area contributed by atoms with E-state index in [4.69, 9.17) is 0 Å². The highest BCUT2D eigenvalue weighted by molar-refractivity contribution is 14.1. The summed E-state index contributed by atoms with van der Waals surface area (Å²) in [5.41, 5.74) is 1.83. The summed E-state index contributed by atoms with van der Waals surface area (Å²) in [6.07, 6.45) is 0. The maximum absolute atomic E-state index is 9.56. The van der Waals surface area contributed by atoms with Gasteiger partial charge in [-0.1, -0.05) is 26.0 Å². The number of hydrogen-bond acceptors (Lipinski definition) is 4. The Labute approximate surface area is 126 Å². The van der Waals surface area contributed by atoms with Crippen molar-refractivity contribution in [2.45, 2.75) is 19.8 Å². The van der Waals surface area contributed by atoms with Crippen molar-refractivity contribution in [1.82, 2.24) is 9.97 Å². The Kier molecular flexibility index (Phi) is 4.24. The van der Waals surface area contributed by atoms with E-state index in [1.165, 1.54) is 0 Å². The van der Waals surface area contributed by atoms with Crippen LogP contribution in [0, 0.1) is 3.57 Å². The molecule has 0 saturated carbocycles. The first-order valence-corrected chi connectivity index (χ1v) is 7.15. The molecule has 4 nitrogen and oxygen atoms in total. The third kappa shape index (κ3) is 2.97. The van der Waals surface area contributed by atoms with Gasteiger partial charge in [0.2, 0.25) is 0 Å². The molecule has 1 aromatic carbocycles. The normalized spacial score (nSPS) is 10.8. The van der Waals surface area contributed by atoms with Crippen LogP contribution in [-0.2, 0) is 0 Å². The van der Waals surface area contributed by atoms with Gasteiger partial charge in [0, 0.05) is 12.6 Å². The highest BCUT2D eigenvalue weighted by Gasteiger charge is 2.15. The standard InChI is InChI=1S/C14H16IN3O/c1-8(2)12-11(15)14(16-3)18-13(17-12)9-5-4-6-10(19)7-9/h4-8,19H,1-3H3,(H,16,17,18). The minimum Gasteiger partial charge on any atom is -0.508 e. The van der Waals surface area contributed by atoms with Gasteiger partial charge in [0.15, 0.2) is 5.82 Å². The molecule has 19 heavy (non-hydrogen) atoms. The molecule has 0 aliphatic heterocycles.